The van der Waals surface area contributed by atoms with Crippen molar-refractivity contribution >= 4 is 44.4 Å². The standard InChI is InChI=1S/C21H15BrN2O2/c1-26-20-11-6-14-4-2-3-5-18(14)19(20)12-15(13-23)21(25)24-17-9-7-16(22)8-10-17/h2-12H,1H3,(H,24,25)/b15-12+. The van der Waals surface area contributed by atoms with Gasteiger partial charge in [0.05, 0.1) is 7.11 Å². The smallest absolute Gasteiger partial charge is 0.266 e. The molecule has 3 aromatic carbocycles. The van der Waals surface area contributed by atoms with Gasteiger partial charge < -0.3 is 10.1 Å². The van der Waals surface area contributed by atoms with Gasteiger partial charge in [-0.1, -0.05) is 46.3 Å². The van der Waals surface area contributed by atoms with Gasteiger partial charge in [0.1, 0.15) is 17.4 Å². The molecule has 0 aliphatic heterocycles. The summed E-state index contributed by atoms with van der Waals surface area (Å²) < 4.78 is 6.33. The summed E-state index contributed by atoms with van der Waals surface area (Å²) in [5, 5.41) is 14.1. The van der Waals surface area contributed by atoms with Gasteiger partial charge in [0.2, 0.25) is 0 Å². The Bertz CT molecular complexity index is 1030. The minimum atomic E-state index is -0.468. The first-order valence-corrected chi connectivity index (χ1v) is 8.66. The second kappa shape index (κ2) is 7.85. The zero-order chi connectivity index (χ0) is 18.5. The SMILES string of the molecule is COc1ccc2ccccc2c1/C=C(\C#N)C(=O)Nc1ccc(Br)cc1. The maximum Gasteiger partial charge on any atom is 0.266 e. The molecule has 0 unspecified atom stereocenters. The summed E-state index contributed by atoms with van der Waals surface area (Å²) in [6, 6.07) is 20.7. The van der Waals surface area contributed by atoms with Crippen LogP contribution in [0.1, 0.15) is 5.56 Å². The molecule has 1 N–H and O–H groups in total. The maximum atomic E-state index is 12.5. The van der Waals surface area contributed by atoms with E-state index in [1.54, 1.807) is 25.3 Å². The van der Waals surface area contributed by atoms with Crippen molar-refractivity contribution in [1.82, 2.24) is 0 Å². The van der Waals surface area contributed by atoms with Gasteiger partial charge in [-0.05, 0) is 47.2 Å². The van der Waals surface area contributed by atoms with Crippen LogP contribution in [0.15, 0.2) is 70.7 Å². The van der Waals surface area contributed by atoms with Crippen LogP contribution >= 0.6 is 15.9 Å². The lowest BCUT2D eigenvalue weighted by Gasteiger charge is -2.10. The number of fused-ring (bicyclic) bond motifs is 1. The van der Waals surface area contributed by atoms with Gasteiger partial charge >= 0.3 is 0 Å². The number of nitrogens with zero attached hydrogens (tertiary/aromatic N) is 1. The zero-order valence-corrected chi connectivity index (χ0v) is 15.6. The highest BCUT2D eigenvalue weighted by Crippen LogP contribution is 2.30. The Labute approximate surface area is 159 Å². The molecule has 4 nitrogen and oxygen atoms in total. The predicted octanol–water partition coefficient (Wildman–Crippen LogP) is 5.16. The molecule has 0 aliphatic rings. The lowest BCUT2D eigenvalue weighted by atomic mass is 10.0. The fraction of sp³-hybridized carbons (Fsp3) is 0.0476. The Morgan fingerprint density at radius 3 is 2.54 bits per heavy atom. The number of ether oxygens (including phenoxy) is 1. The number of amides is 1. The van der Waals surface area contributed by atoms with Crippen molar-refractivity contribution < 1.29 is 9.53 Å². The second-order valence-corrected chi connectivity index (χ2v) is 6.45. The number of anilines is 1. The Balaban J connectivity index is 2.01. The molecule has 0 fully saturated rings. The van der Waals surface area contributed by atoms with Crippen LogP contribution in [0.2, 0.25) is 0 Å². The molecule has 1 amide bonds. The minimum absolute atomic E-state index is 0.00238. The molecule has 3 rings (SSSR count). The van der Waals surface area contributed by atoms with Crippen molar-refractivity contribution in [1.29, 1.82) is 5.26 Å². The molecule has 0 aliphatic carbocycles. The summed E-state index contributed by atoms with van der Waals surface area (Å²) in [7, 11) is 1.56. The average molecular weight is 407 g/mol. The van der Waals surface area contributed by atoms with E-state index in [0.717, 1.165) is 15.2 Å². The van der Waals surface area contributed by atoms with Crippen molar-refractivity contribution in [2.45, 2.75) is 0 Å². The summed E-state index contributed by atoms with van der Waals surface area (Å²) in [5.41, 5.74) is 1.32. The van der Waals surface area contributed by atoms with Crippen LogP contribution in [0.5, 0.6) is 5.75 Å². The molecule has 0 atom stereocenters. The molecule has 0 bridgehead atoms. The third-order valence-electron chi connectivity index (χ3n) is 3.91. The van der Waals surface area contributed by atoms with Crippen LogP contribution in [0.4, 0.5) is 5.69 Å². The molecule has 5 heteroatoms. The zero-order valence-electron chi connectivity index (χ0n) is 14.0. The Morgan fingerprint density at radius 1 is 1.12 bits per heavy atom. The van der Waals surface area contributed by atoms with Crippen LogP contribution in [-0.4, -0.2) is 13.0 Å². The summed E-state index contributed by atoms with van der Waals surface area (Å²) in [5.74, 6) is 0.137. The number of rotatable bonds is 4. The number of carbonyl (C=O) groups excluding carboxylic acids is 1. The normalized spacial score (nSPS) is 11.0. The molecule has 0 heterocycles. The van der Waals surface area contributed by atoms with Crippen molar-refractivity contribution in [3.05, 3.63) is 76.3 Å². The number of nitriles is 1. The molecule has 3 aromatic rings. The molecule has 26 heavy (non-hydrogen) atoms. The summed E-state index contributed by atoms with van der Waals surface area (Å²) in [4.78, 5) is 12.5. The van der Waals surface area contributed by atoms with Crippen molar-refractivity contribution in [2.75, 3.05) is 12.4 Å². The minimum Gasteiger partial charge on any atom is -0.496 e. The van der Waals surface area contributed by atoms with E-state index in [0.29, 0.717) is 17.0 Å². The molecular formula is C21H15BrN2O2. The van der Waals surface area contributed by atoms with Gasteiger partial charge in [-0.3, -0.25) is 4.79 Å². The van der Waals surface area contributed by atoms with Crippen LogP contribution in [0.3, 0.4) is 0 Å². The van der Waals surface area contributed by atoms with Gasteiger partial charge in [-0.15, -0.1) is 0 Å². The molecule has 0 spiro atoms. The quantitative estimate of drug-likeness (QED) is 0.480. The number of methoxy groups -OCH3 is 1. The summed E-state index contributed by atoms with van der Waals surface area (Å²) >= 11 is 3.35. The number of halogens is 1. The van der Waals surface area contributed by atoms with Crippen LogP contribution < -0.4 is 10.1 Å². The Kier molecular flexibility index (Phi) is 5.35. The van der Waals surface area contributed by atoms with Crippen LogP contribution in [0, 0.1) is 11.3 Å². The number of hydrogen-bond donors (Lipinski definition) is 1. The Hall–Kier alpha value is -3.10. The first-order chi connectivity index (χ1) is 12.6. The average Bonchev–Trinajstić information content (AvgIpc) is 2.67. The molecule has 0 saturated heterocycles. The summed E-state index contributed by atoms with van der Waals surface area (Å²) in [6.45, 7) is 0. The van der Waals surface area contributed by atoms with E-state index in [4.69, 9.17) is 4.74 Å². The number of nitrogens with one attached hydrogen (secondary N) is 1. The Morgan fingerprint density at radius 2 is 1.85 bits per heavy atom. The molecule has 0 saturated carbocycles. The largest absolute Gasteiger partial charge is 0.496 e. The molecular weight excluding hydrogens is 392 g/mol. The third kappa shape index (κ3) is 3.76. The fourth-order valence-corrected chi connectivity index (χ4v) is 2.89. The van der Waals surface area contributed by atoms with E-state index in [-0.39, 0.29) is 5.57 Å². The van der Waals surface area contributed by atoms with E-state index >= 15 is 0 Å². The van der Waals surface area contributed by atoms with Gasteiger partial charge in [0.25, 0.3) is 5.91 Å². The number of hydrogen-bond acceptors (Lipinski definition) is 3. The number of carbonyl (C=O) groups is 1. The lowest BCUT2D eigenvalue weighted by Crippen LogP contribution is -2.13. The van der Waals surface area contributed by atoms with Gasteiger partial charge in [0, 0.05) is 15.7 Å². The third-order valence-corrected chi connectivity index (χ3v) is 4.44. The van der Waals surface area contributed by atoms with Gasteiger partial charge in [-0.25, -0.2) is 0 Å². The van der Waals surface area contributed by atoms with E-state index in [1.165, 1.54) is 0 Å². The predicted molar refractivity (Wildman–Crippen MR) is 107 cm³/mol. The van der Waals surface area contributed by atoms with Crippen molar-refractivity contribution in [2.24, 2.45) is 0 Å². The number of benzene rings is 3. The van der Waals surface area contributed by atoms with Gasteiger partial charge in [-0.2, -0.15) is 5.26 Å². The summed E-state index contributed by atoms with van der Waals surface area (Å²) in [6.07, 6.45) is 1.56. The van der Waals surface area contributed by atoms with Crippen molar-refractivity contribution in [3.63, 3.8) is 0 Å². The molecule has 128 valence electrons. The van der Waals surface area contributed by atoms with E-state index in [2.05, 4.69) is 21.2 Å². The first kappa shape index (κ1) is 17.7. The van der Waals surface area contributed by atoms with E-state index < -0.39 is 5.91 Å². The fourth-order valence-electron chi connectivity index (χ4n) is 2.63. The second-order valence-electron chi connectivity index (χ2n) is 5.53. The lowest BCUT2D eigenvalue weighted by molar-refractivity contribution is -0.112. The topological polar surface area (TPSA) is 62.1 Å². The molecule has 0 radical (unpaired) electrons. The first-order valence-electron chi connectivity index (χ1n) is 7.87. The highest BCUT2D eigenvalue weighted by molar-refractivity contribution is 9.10. The van der Waals surface area contributed by atoms with E-state index in [9.17, 15) is 10.1 Å². The van der Waals surface area contributed by atoms with Gasteiger partial charge in [0.15, 0.2) is 0 Å². The monoisotopic (exact) mass is 406 g/mol. The maximum absolute atomic E-state index is 12.5. The highest BCUT2D eigenvalue weighted by Gasteiger charge is 2.13. The highest BCUT2D eigenvalue weighted by atomic mass is 79.9. The van der Waals surface area contributed by atoms with E-state index in [1.807, 2.05) is 54.6 Å². The van der Waals surface area contributed by atoms with Crippen molar-refractivity contribution in [3.8, 4) is 11.8 Å². The van der Waals surface area contributed by atoms with Crippen LogP contribution in [-0.2, 0) is 4.79 Å². The molecule has 0 aromatic heterocycles. The van der Waals surface area contributed by atoms with Crippen LogP contribution in [0.25, 0.3) is 16.8 Å².